The molecule has 0 bridgehead atoms. The lowest BCUT2D eigenvalue weighted by molar-refractivity contribution is 0.473. The first-order chi connectivity index (χ1) is 8.17. The fourth-order valence-corrected chi connectivity index (χ4v) is 1.88. The number of hydrogen-bond donors (Lipinski definition) is 1. The van der Waals surface area contributed by atoms with E-state index in [2.05, 4.69) is 5.10 Å². The normalized spacial score (nSPS) is 10.8. The summed E-state index contributed by atoms with van der Waals surface area (Å²) in [6.07, 6.45) is 1.52. The van der Waals surface area contributed by atoms with Crippen LogP contribution in [0.15, 0.2) is 24.4 Å². The monoisotopic (exact) mass is 253 g/mol. The zero-order valence-corrected chi connectivity index (χ0v) is 10.2. The molecule has 0 aliphatic rings. The quantitative estimate of drug-likeness (QED) is 0.914. The van der Waals surface area contributed by atoms with Crippen molar-refractivity contribution in [2.75, 3.05) is 0 Å². The number of nitrogens with two attached hydrogens (primary N) is 1. The van der Waals surface area contributed by atoms with Gasteiger partial charge in [-0.15, -0.1) is 0 Å². The Morgan fingerprint density at radius 1 is 1.47 bits per heavy atom. The third-order valence-electron chi connectivity index (χ3n) is 2.65. The van der Waals surface area contributed by atoms with Gasteiger partial charge in [-0.1, -0.05) is 17.7 Å². The third kappa shape index (κ3) is 2.18. The molecule has 2 N–H and O–H groups in total. The number of benzene rings is 1. The maximum Gasteiger partial charge on any atom is 0.219 e. The van der Waals surface area contributed by atoms with E-state index in [4.69, 9.17) is 17.3 Å². The summed E-state index contributed by atoms with van der Waals surface area (Å²) in [5.41, 5.74) is 7.58. The highest BCUT2D eigenvalue weighted by atomic mass is 35.5. The molecule has 0 saturated heterocycles. The van der Waals surface area contributed by atoms with Crippen LogP contribution in [0, 0.1) is 5.95 Å². The summed E-state index contributed by atoms with van der Waals surface area (Å²) in [5, 5.41) is 4.56. The van der Waals surface area contributed by atoms with Gasteiger partial charge in [-0.05, 0) is 30.2 Å². The molecule has 5 heteroatoms. The van der Waals surface area contributed by atoms with Crippen molar-refractivity contribution in [2.24, 2.45) is 5.73 Å². The molecule has 0 radical (unpaired) electrons. The first kappa shape index (κ1) is 12.1. The van der Waals surface area contributed by atoms with E-state index >= 15 is 0 Å². The van der Waals surface area contributed by atoms with Crippen LogP contribution in [0.1, 0.15) is 12.5 Å². The first-order valence-electron chi connectivity index (χ1n) is 5.37. The van der Waals surface area contributed by atoms with Crippen LogP contribution in [0.2, 0.25) is 5.02 Å². The lowest BCUT2D eigenvalue weighted by Gasteiger charge is -2.04. The molecular weight excluding hydrogens is 241 g/mol. The van der Waals surface area contributed by atoms with Crippen LogP contribution >= 0.6 is 11.6 Å². The second-order valence-electron chi connectivity index (χ2n) is 3.68. The summed E-state index contributed by atoms with van der Waals surface area (Å²) in [6, 6.07) is 5.28. The van der Waals surface area contributed by atoms with Crippen molar-refractivity contribution in [1.29, 1.82) is 0 Å². The van der Waals surface area contributed by atoms with E-state index in [-0.39, 0.29) is 5.95 Å². The van der Waals surface area contributed by atoms with Crippen molar-refractivity contribution in [2.45, 2.75) is 20.0 Å². The molecule has 0 aliphatic heterocycles. The number of hydrogen-bond acceptors (Lipinski definition) is 2. The molecule has 1 aromatic heterocycles. The molecule has 90 valence electrons. The lowest BCUT2D eigenvalue weighted by atomic mass is 10.1. The number of halogens is 2. The molecule has 1 aromatic carbocycles. The van der Waals surface area contributed by atoms with Gasteiger partial charge < -0.3 is 5.73 Å². The highest BCUT2D eigenvalue weighted by molar-refractivity contribution is 6.31. The molecule has 0 saturated carbocycles. The van der Waals surface area contributed by atoms with Crippen molar-refractivity contribution in [3.05, 3.63) is 40.9 Å². The van der Waals surface area contributed by atoms with Gasteiger partial charge in [0.05, 0.1) is 11.8 Å². The van der Waals surface area contributed by atoms with Crippen LogP contribution in [-0.2, 0) is 13.1 Å². The number of rotatable bonds is 3. The second-order valence-corrected chi connectivity index (χ2v) is 4.08. The molecule has 0 unspecified atom stereocenters. The number of aryl methyl sites for hydroxylation is 1. The van der Waals surface area contributed by atoms with Crippen molar-refractivity contribution in [1.82, 2.24) is 9.78 Å². The minimum absolute atomic E-state index is 0.330. The Kier molecular flexibility index (Phi) is 3.45. The fourth-order valence-electron chi connectivity index (χ4n) is 1.68. The molecule has 0 amide bonds. The van der Waals surface area contributed by atoms with Crippen LogP contribution < -0.4 is 5.73 Å². The summed E-state index contributed by atoms with van der Waals surface area (Å²) in [5.74, 6) is -0.335. The minimum Gasteiger partial charge on any atom is -0.326 e. The van der Waals surface area contributed by atoms with Crippen LogP contribution in [0.4, 0.5) is 4.39 Å². The van der Waals surface area contributed by atoms with Gasteiger partial charge in [-0.25, -0.2) is 4.68 Å². The van der Waals surface area contributed by atoms with Gasteiger partial charge in [0.25, 0.3) is 0 Å². The summed E-state index contributed by atoms with van der Waals surface area (Å²) in [6.45, 7) is 2.67. The van der Waals surface area contributed by atoms with E-state index in [1.165, 1.54) is 10.9 Å². The van der Waals surface area contributed by atoms with Gasteiger partial charge in [0.2, 0.25) is 5.95 Å². The molecular formula is C12H13ClFN3. The van der Waals surface area contributed by atoms with E-state index < -0.39 is 0 Å². The van der Waals surface area contributed by atoms with Gasteiger partial charge in [-0.3, -0.25) is 0 Å². The Labute approximate surface area is 104 Å². The van der Waals surface area contributed by atoms with Gasteiger partial charge in [0.1, 0.15) is 0 Å². The molecule has 0 fully saturated rings. The Bertz CT molecular complexity index is 537. The predicted octanol–water partition coefficient (Wildman–Crippen LogP) is 2.82. The molecule has 17 heavy (non-hydrogen) atoms. The lowest BCUT2D eigenvalue weighted by Crippen LogP contribution is -2.00. The van der Waals surface area contributed by atoms with Crippen molar-refractivity contribution in [3.8, 4) is 11.1 Å². The summed E-state index contributed by atoms with van der Waals surface area (Å²) in [7, 11) is 0. The number of aromatic nitrogens is 2. The smallest absolute Gasteiger partial charge is 0.219 e. The Morgan fingerprint density at radius 2 is 2.24 bits per heavy atom. The molecule has 2 rings (SSSR count). The van der Waals surface area contributed by atoms with Crippen LogP contribution in [0.3, 0.4) is 0 Å². The maximum absolute atomic E-state index is 13.9. The van der Waals surface area contributed by atoms with Crippen molar-refractivity contribution in [3.63, 3.8) is 0 Å². The van der Waals surface area contributed by atoms with Gasteiger partial charge in [0, 0.05) is 18.1 Å². The van der Waals surface area contributed by atoms with Crippen LogP contribution in [0.5, 0.6) is 0 Å². The SMILES string of the molecule is CCn1ncc(-c2ccc(Cl)c(CN)c2)c1F. The molecule has 3 nitrogen and oxygen atoms in total. The first-order valence-corrected chi connectivity index (χ1v) is 5.75. The van der Waals surface area contributed by atoms with Crippen LogP contribution in [0.25, 0.3) is 11.1 Å². The maximum atomic E-state index is 13.9. The van der Waals surface area contributed by atoms with Crippen molar-refractivity contribution >= 4 is 11.6 Å². The standard InChI is InChI=1S/C12H13ClFN3/c1-2-17-12(14)10(7-16-17)8-3-4-11(13)9(5-8)6-15/h3-5,7H,2,6,15H2,1H3. The topological polar surface area (TPSA) is 43.8 Å². The highest BCUT2D eigenvalue weighted by Gasteiger charge is 2.12. The summed E-state index contributed by atoms with van der Waals surface area (Å²) in [4.78, 5) is 0. The minimum atomic E-state index is -0.335. The largest absolute Gasteiger partial charge is 0.326 e. The van der Waals surface area contributed by atoms with E-state index in [0.717, 1.165) is 11.1 Å². The fraction of sp³-hybridized carbons (Fsp3) is 0.250. The Hall–Kier alpha value is -1.39. The second kappa shape index (κ2) is 4.85. The molecule has 2 aromatic rings. The van der Waals surface area contributed by atoms with Gasteiger partial charge >= 0.3 is 0 Å². The van der Waals surface area contributed by atoms with E-state index in [0.29, 0.717) is 23.7 Å². The van der Waals surface area contributed by atoms with E-state index in [9.17, 15) is 4.39 Å². The Morgan fingerprint density at radius 3 is 2.82 bits per heavy atom. The van der Waals surface area contributed by atoms with Gasteiger partial charge in [-0.2, -0.15) is 9.49 Å². The van der Waals surface area contributed by atoms with Crippen molar-refractivity contribution < 1.29 is 4.39 Å². The summed E-state index contributed by atoms with van der Waals surface area (Å²) < 4.78 is 15.2. The third-order valence-corrected chi connectivity index (χ3v) is 3.02. The van der Waals surface area contributed by atoms with E-state index in [1.807, 2.05) is 6.92 Å². The molecule has 0 atom stereocenters. The predicted molar refractivity (Wildman–Crippen MR) is 66.2 cm³/mol. The summed E-state index contributed by atoms with van der Waals surface area (Å²) >= 11 is 5.96. The average Bonchev–Trinajstić information content (AvgIpc) is 2.71. The molecule has 1 heterocycles. The Balaban J connectivity index is 2.49. The zero-order valence-electron chi connectivity index (χ0n) is 9.45. The van der Waals surface area contributed by atoms with E-state index in [1.54, 1.807) is 18.2 Å². The highest BCUT2D eigenvalue weighted by Crippen LogP contribution is 2.26. The zero-order chi connectivity index (χ0) is 12.4. The van der Waals surface area contributed by atoms with Gasteiger partial charge in [0.15, 0.2) is 0 Å². The number of nitrogens with zero attached hydrogens (tertiary/aromatic N) is 2. The average molecular weight is 254 g/mol. The molecule has 0 aliphatic carbocycles. The molecule has 0 spiro atoms. The van der Waals surface area contributed by atoms with Crippen LogP contribution in [-0.4, -0.2) is 9.78 Å².